The Labute approximate surface area is 195 Å². The molecule has 3 heteroatoms. The maximum absolute atomic E-state index is 13.3. The van der Waals surface area contributed by atoms with Gasteiger partial charge in [-0.2, -0.15) is 0 Å². The molecule has 1 aliphatic rings. The molecule has 0 aliphatic carbocycles. The number of piperidine rings is 1. The lowest BCUT2D eigenvalue weighted by molar-refractivity contribution is 0.0163. The molecule has 1 amide bonds. The highest BCUT2D eigenvalue weighted by molar-refractivity contribution is 5.93. The van der Waals surface area contributed by atoms with Gasteiger partial charge in [0.05, 0.1) is 12.1 Å². The number of rotatable bonds is 5. The van der Waals surface area contributed by atoms with E-state index in [0.29, 0.717) is 11.5 Å². The van der Waals surface area contributed by atoms with Crippen molar-refractivity contribution in [1.82, 2.24) is 10.4 Å². The van der Waals surface area contributed by atoms with Crippen molar-refractivity contribution in [3.63, 3.8) is 0 Å². The van der Waals surface area contributed by atoms with E-state index in [4.69, 9.17) is 0 Å². The molecule has 0 spiro atoms. The van der Waals surface area contributed by atoms with Gasteiger partial charge in [-0.25, -0.2) is 5.01 Å². The van der Waals surface area contributed by atoms with E-state index in [2.05, 4.69) is 89.3 Å². The van der Waals surface area contributed by atoms with Crippen LogP contribution in [0.3, 0.4) is 0 Å². The van der Waals surface area contributed by atoms with Crippen molar-refractivity contribution in [3.8, 4) is 0 Å². The molecule has 0 radical (unpaired) electrons. The van der Waals surface area contributed by atoms with Gasteiger partial charge in [0.2, 0.25) is 0 Å². The molecule has 4 aromatic carbocycles. The average molecular weight is 433 g/mol. The number of carbonyl (C=O) groups is 1. The third-order valence-corrected chi connectivity index (χ3v) is 6.59. The fraction of sp³-hybridized carbons (Fsp3) is 0.167. The standard InChI is InChI=1S/C30H28N2O/c33-30(26-19-11-4-12-20-26)31-32-28(24-15-7-2-8-16-24)21-27(23-13-5-1-6-14-23)22-29(32)25-17-9-3-10-18-25/h1-20,27-29H,21-22H2,(H,31,33). The van der Waals surface area contributed by atoms with Gasteiger partial charge in [0, 0.05) is 5.56 Å². The van der Waals surface area contributed by atoms with Crippen LogP contribution in [0.2, 0.25) is 0 Å². The van der Waals surface area contributed by atoms with Gasteiger partial charge < -0.3 is 0 Å². The van der Waals surface area contributed by atoms with E-state index in [0.717, 1.165) is 12.8 Å². The maximum atomic E-state index is 13.3. The number of nitrogens with zero attached hydrogens (tertiary/aromatic N) is 1. The van der Waals surface area contributed by atoms with Gasteiger partial charge in [0.25, 0.3) is 5.91 Å². The van der Waals surface area contributed by atoms with E-state index < -0.39 is 0 Å². The van der Waals surface area contributed by atoms with Crippen LogP contribution in [-0.2, 0) is 0 Å². The summed E-state index contributed by atoms with van der Waals surface area (Å²) >= 11 is 0. The SMILES string of the molecule is O=C(NN1C(c2ccccc2)CC(c2ccccc2)CC1c1ccccc1)c1ccccc1. The molecule has 2 atom stereocenters. The molecule has 4 aromatic rings. The Morgan fingerprint density at radius 1 is 0.576 bits per heavy atom. The predicted octanol–water partition coefficient (Wildman–Crippen LogP) is 6.69. The third kappa shape index (κ3) is 4.74. The van der Waals surface area contributed by atoms with E-state index >= 15 is 0 Å². The molecule has 1 aliphatic heterocycles. The lowest BCUT2D eigenvalue weighted by Crippen LogP contribution is -2.49. The zero-order valence-electron chi connectivity index (χ0n) is 18.5. The topological polar surface area (TPSA) is 32.3 Å². The van der Waals surface area contributed by atoms with E-state index in [1.165, 1.54) is 16.7 Å². The van der Waals surface area contributed by atoms with Gasteiger partial charge >= 0.3 is 0 Å². The van der Waals surface area contributed by atoms with E-state index in [9.17, 15) is 4.79 Å². The first-order chi connectivity index (χ1) is 16.3. The summed E-state index contributed by atoms with van der Waals surface area (Å²) in [6.07, 6.45) is 1.87. The fourth-order valence-electron chi connectivity index (χ4n) is 4.95. The summed E-state index contributed by atoms with van der Waals surface area (Å²) in [6.45, 7) is 0. The summed E-state index contributed by atoms with van der Waals surface area (Å²) in [5, 5.41) is 2.19. The average Bonchev–Trinajstić information content (AvgIpc) is 2.90. The first kappa shape index (κ1) is 21.2. The maximum Gasteiger partial charge on any atom is 0.265 e. The van der Waals surface area contributed by atoms with Crippen LogP contribution in [0.1, 0.15) is 57.9 Å². The Balaban J connectivity index is 1.56. The first-order valence-corrected chi connectivity index (χ1v) is 11.6. The molecule has 1 N–H and O–H groups in total. The van der Waals surface area contributed by atoms with Crippen molar-refractivity contribution in [2.75, 3.05) is 0 Å². The van der Waals surface area contributed by atoms with Crippen LogP contribution in [0.4, 0.5) is 0 Å². The number of benzene rings is 4. The Kier molecular flexibility index (Phi) is 6.32. The Bertz CT molecular complexity index is 1110. The van der Waals surface area contributed by atoms with Gasteiger partial charge in [-0.1, -0.05) is 109 Å². The molecule has 1 fully saturated rings. The minimum atomic E-state index is -0.0735. The van der Waals surface area contributed by atoms with E-state index in [1.807, 2.05) is 42.5 Å². The number of hydrogen-bond acceptors (Lipinski definition) is 2. The predicted molar refractivity (Wildman–Crippen MR) is 133 cm³/mol. The fourth-order valence-corrected chi connectivity index (χ4v) is 4.95. The number of amides is 1. The molecule has 0 saturated carbocycles. The van der Waals surface area contributed by atoms with Gasteiger partial charge in [-0.3, -0.25) is 10.2 Å². The summed E-state index contributed by atoms with van der Waals surface area (Å²) < 4.78 is 0. The van der Waals surface area contributed by atoms with E-state index in [1.54, 1.807) is 0 Å². The van der Waals surface area contributed by atoms with Crippen LogP contribution in [0, 0.1) is 0 Å². The van der Waals surface area contributed by atoms with Crippen LogP contribution in [0.5, 0.6) is 0 Å². The second-order valence-electron chi connectivity index (χ2n) is 8.65. The Morgan fingerprint density at radius 3 is 1.42 bits per heavy atom. The summed E-state index contributed by atoms with van der Waals surface area (Å²) in [7, 11) is 0. The summed E-state index contributed by atoms with van der Waals surface area (Å²) in [5.74, 6) is 0.321. The molecular weight excluding hydrogens is 404 g/mol. The minimum Gasteiger partial charge on any atom is -0.284 e. The molecule has 1 heterocycles. The van der Waals surface area contributed by atoms with Gasteiger partial charge in [-0.15, -0.1) is 0 Å². The van der Waals surface area contributed by atoms with Crippen LogP contribution in [-0.4, -0.2) is 10.9 Å². The second kappa shape index (κ2) is 9.85. The largest absolute Gasteiger partial charge is 0.284 e. The number of hydrazine groups is 1. The molecule has 0 bridgehead atoms. The Hall–Kier alpha value is -3.69. The smallest absolute Gasteiger partial charge is 0.265 e. The number of hydrogen-bond donors (Lipinski definition) is 1. The quantitative estimate of drug-likeness (QED) is 0.381. The molecular formula is C30H28N2O. The van der Waals surface area contributed by atoms with Crippen LogP contribution < -0.4 is 5.43 Å². The van der Waals surface area contributed by atoms with Crippen LogP contribution >= 0.6 is 0 Å². The highest BCUT2D eigenvalue weighted by atomic mass is 16.2. The van der Waals surface area contributed by atoms with E-state index in [-0.39, 0.29) is 18.0 Å². The summed E-state index contributed by atoms with van der Waals surface area (Å²) in [6, 6.07) is 41.4. The second-order valence-corrected chi connectivity index (χ2v) is 8.65. The summed E-state index contributed by atoms with van der Waals surface area (Å²) in [5.41, 5.74) is 7.75. The van der Waals surface area contributed by atoms with Crippen molar-refractivity contribution in [2.45, 2.75) is 30.8 Å². The van der Waals surface area contributed by atoms with Crippen LogP contribution in [0.15, 0.2) is 121 Å². The molecule has 2 unspecified atom stereocenters. The van der Waals surface area contributed by atoms with Gasteiger partial charge in [0.15, 0.2) is 0 Å². The van der Waals surface area contributed by atoms with Gasteiger partial charge in [0.1, 0.15) is 0 Å². The zero-order valence-corrected chi connectivity index (χ0v) is 18.5. The highest BCUT2D eigenvalue weighted by Crippen LogP contribution is 2.47. The van der Waals surface area contributed by atoms with Crippen molar-refractivity contribution < 1.29 is 4.79 Å². The van der Waals surface area contributed by atoms with Crippen molar-refractivity contribution >= 4 is 5.91 Å². The monoisotopic (exact) mass is 432 g/mol. The molecule has 3 nitrogen and oxygen atoms in total. The summed E-state index contributed by atoms with van der Waals surface area (Å²) in [4.78, 5) is 13.3. The Morgan fingerprint density at radius 2 is 0.970 bits per heavy atom. The molecule has 33 heavy (non-hydrogen) atoms. The lowest BCUT2D eigenvalue weighted by Gasteiger charge is -2.45. The van der Waals surface area contributed by atoms with Gasteiger partial charge in [-0.05, 0) is 47.6 Å². The lowest BCUT2D eigenvalue weighted by atomic mass is 9.78. The molecule has 5 rings (SSSR count). The van der Waals surface area contributed by atoms with Crippen molar-refractivity contribution in [3.05, 3.63) is 144 Å². The molecule has 164 valence electrons. The highest BCUT2D eigenvalue weighted by Gasteiger charge is 2.38. The number of carbonyl (C=O) groups excluding carboxylic acids is 1. The van der Waals surface area contributed by atoms with Crippen molar-refractivity contribution in [1.29, 1.82) is 0 Å². The molecule has 0 aromatic heterocycles. The third-order valence-electron chi connectivity index (χ3n) is 6.59. The molecule has 1 saturated heterocycles. The normalized spacial score (nSPS) is 20.8. The zero-order chi connectivity index (χ0) is 22.5. The number of nitrogens with one attached hydrogen (secondary N) is 1. The first-order valence-electron chi connectivity index (χ1n) is 11.6. The van der Waals surface area contributed by atoms with Crippen LogP contribution in [0.25, 0.3) is 0 Å². The minimum absolute atomic E-state index is 0.0584. The van der Waals surface area contributed by atoms with Crippen molar-refractivity contribution in [2.24, 2.45) is 0 Å².